The van der Waals surface area contributed by atoms with Crippen LogP contribution in [0.2, 0.25) is 0 Å². The van der Waals surface area contributed by atoms with Gasteiger partial charge in [-0.15, -0.1) is 11.3 Å². The highest BCUT2D eigenvalue weighted by atomic mass is 32.1. The summed E-state index contributed by atoms with van der Waals surface area (Å²) in [7, 11) is 0. The molecule has 3 heteroatoms. The van der Waals surface area contributed by atoms with E-state index in [9.17, 15) is 0 Å². The van der Waals surface area contributed by atoms with Crippen molar-refractivity contribution in [3.63, 3.8) is 0 Å². The predicted octanol–water partition coefficient (Wildman–Crippen LogP) is 2.77. The number of aryl methyl sites for hydroxylation is 1. The van der Waals surface area contributed by atoms with Crippen molar-refractivity contribution in [2.75, 3.05) is 6.54 Å². The van der Waals surface area contributed by atoms with Gasteiger partial charge in [0.1, 0.15) is 0 Å². The molecule has 0 radical (unpaired) electrons. The summed E-state index contributed by atoms with van der Waals surface area (Å²) in [6.45, 7) is 5.49. The molecule has 0 aliphatic heterocycles. The third-order valence-corrected chi connectivity index (χ3v) is 4.02. The molecule has 0 amide bonds. The van der Waals surface area contributed by atoms with Gasteiger partial charge in [-0.1, -0.05) is 6.92 Å². The highest BCUT2D eigenvalue weighted by molar-refractivity contribution is 7.11. The lowest BCUT2D eigenvalue weighted by Gasteiger charge is -2.15. The molecule has 2 rings (SSSR count). The van der Waals surface area contributed by atoms with Crippen LogP contribution in [0, 0.1) is 12.8 Å². The number of nitrogens with zero attached hydrogens (tertiary/aromatic N) is 1. The fraction of sp³-hybridized carbons (Fsp3) is 0.750. The third-order valence-electron chi connectivity index (χ3n) is 3.05. The van der Waals surface area contributed by atoms with Gasteiger partial charge in [-0.2, -0.15) is 0 Å². The average Bonchev–Trinajstić information content (AvgIpc) is 2.98. The molecule has 1 aliphatic carbocycles. The zero-order chi connectivity index (χ0) is 10.7. The monoisotopic (exact) mass is 224 g/mol. The third kappa shape index (κ3) is 3.28. The Bertz CT molecular complexity index is 304. The summed E-state index contributed by atoms with van der Waals surface area (Å²) in [5.41, 5.74) is 0. The summed E-state index contributed by atoms with van der Waals surface area (Å²) in [5, 5.41) is 4.92. The van der Waals surface area contributed by atoms with Crippen molar-refractivity contribution in [2.24, 2.45) is 5.92 Å². The molecule has 1 atom stereocenters. The van der Waals surface area contributed by atoms with Crippen LogP contribution < -0.4 is 5.32 Å². The average molecular weight is 224 g/mol. The fourth-order valence-electron chi connectivity index (χ4n) is 2.02. The summed E-state index contributed by atoms with van der Waals surface area (Å²) in [6, 6.07) is 0.756. The number of aromatic nitrogens is 1. The van der Waals surface area contributed by atoms with Gasteiger partial charge in [0.05, 0.1) is 5.01 Å². The largest absolute Gasteiger partial charge is 0.313 e. The van der Waals surface area contributed by atoms with Gasteiger partial charge in [0.25, 0.3) is 0 Å². The van der Waals surface area contributed by atoms with Crippen LogP contribution in [-0.4, -0.2) is 17.6 Å². The second-order valence-corrected chi connectivity index (χ2v) is 5.74. The highest BCUT2D eigenvalue weighted by Crippen LogP contribution is 2.33. The van der Waals surface area contributed by atoms with Crippen LogP contribution >= 0.6 is 11.3 Å². The summed E-state index contributed by atoms with van der Waals surface area (Å²) in [5.74, 6) is 0.966. The van der Waals surface area contributed by atoms with Crippen molar-refractivity contribution in [3.05, 3.63) is 16.1 Å². The van der Waals surface area contributed by atoms with E-state index in [0.29, 0.717) is 0 Å². The first-order valence-electron chi connectivity index (χ1n) is 5.94. The maximum atomic E-state index is 4.38. The fourth-order valence-corrected chi connectivity index (χ4v) is 2.81. The van der Waals surface area contributed by atoms with Crippen LogP contribution in [0.1, 0.15) is 36.1 Å². The van der Waals surface area contributed by atoms with Crippen molar-refractivity contribution < 1.29 is 0 Å². The summed E-state index contributed by atoms with van der Waals surface area (Å²) in [4.78, 5) is 5.70. The Hall–Kier alpha value is -0.410. The first-order chi connectivity index (χ1) is 7.29. The van der Waals surface area contributed by atoms with E-state index in [1.165, 1.54) is 29.1 Å². The van der Waals surface area contributed by atoms with E-state index >= 15 is 0 Å². The molecule has 1 N–H and O–H groups in total. The normalized spacial score (nSPS) is 18.0. The first kappa shape index (κ1) is 11.1. The number of hydrogen-bond donors (Lipinski definition) is 1. The Morgan fingerprint density at radius 3 is 2.93 bits per heavy atom. The van der Waals surface area contributed by atoms with Crippen LogP contribution in [0.25, 0.3) is 0 Å². The van der Waals surface area contributed by atoms with Crippen LogP contribution in [-0.2, 0) is 6.42 Å². The molecule has 0 bridgehead atoms. The lowest BCUT2D eigenvalue weighted by molar-refractivity contribution is 0.453. The van der Waals surface area contributed by atoms with Gasteiger partial charge in [0.2, 0.25) is 0 Å². The molecule has 1 aromatic rings. The van der Waals surface area contributed by atoms with E-state index in [-0.39, 0.29) is 0 Å². The SMILES string of the molecule is CCC(NCCc1ncc(C)s1)C1CC1. The number of hydrogen-bond acceptors (Lipinski definition) is 3. The van der Waals surface area contributed by atoms with E-state index in [0.717, 1.165) is 24.9 Å². The quantitative estimate of drug-likeness (QED) is 0.803. The molecule has 1 unspecified atom stereocenters. The van der Waals surface area contributed by atoms with Gasteiger partial charge in [0, 0.05) is 30.1 Å². The molecule has 1 saturated carbocycles. The van der Waals surface area contributed by atoms with E-state index < -0.39 is 0 Å². The van der Waals surface area contributed by atoms with Gasteiger partial charge < -0.3 is 5.32 Å². The zero-order valence-corrected chi connectivity index (χ0v) is 10.4. The van der Waals surface area contributed by atoms with Crippen LogP contribution in [0.4, 0.5) is 0 Å². The molecule has 84 valence electrons. The molecule has 15 heavy (non-hydrogen) atoms. The first-order valence-corrected chi connectivity index (χ1v) is 6.76. The van der Waals surface area contributed by atoms with Gasteiger partial charge in [-0.25, -0.2) is 4.98 Å². The zero-order valence-electron chi connectivity index (χ0n) is 9.62. The van der Waals surface area contributed by atoms with Crippen LogP contribution in [0.3, 0.4) is 0 Å². The molecular formula is C12H20N2S. The Balaban J connectivity index is 1.69. The summed E-state index contributed by atoms with van der Waals surface area (Å²) in [6.07, 6.45) is 7.19. The minimum Gasteiger partial charge on any atom is -0.313 e. The number of rotatable bonds is 6. The molecule has 1 heterocycles. The Morgan fingerprint density at radius 1 is 1.60 bits per heavy atom. The summed E-state index contributed by atoms with van der Waals surface area (Å²) >= 11 is 1.82. The van der Waals surface area contributed by atoms with E-state index in [1.807, 2.05) is 17.5 Å². The number of thiazole rings is 1. The number of nitrogens with one attached hydrogen (secondary N) is 1. The Morgan fingerprint density at radius 2 is 2.40 bits per heavy atom. The molecule has 2 nitrogen and oxygen atoms in total. The molecular weight excluding hydrogens is 204 g/mol. The van der Waals surface area contributed by atoms with E-state index in [2.05, 4.69) is 24.1 Å². The van der Waals surface area contributed by atoms with Crippen molar-refractivity contribution in [2.45, 2.75) is 45.6 Å². The molecule has 0 spiro atoms. The highest BCUT2D eigenvalue weighted by Gasteiger charge is 2.29. The van der Waals surface area contributed by atoms with E-state index in [4.69, 9.17) is 0 Å². The van der Waals surface area contributed by atoms with Crippen molar-refractivity contribution >= 4 is 11.3 Å². The second-order valence-electron chi connectivity index (χ2n) is 4.42. The van der Waals surface area contributed by atoms with Gasteiger partial charge in [0.15, 0.2) is 0 Å². The van der Waals surface area contributed by atoms with Crippen molar-refractivity contribution in [1.82, 2.24) is 10.3 Å². The van der Waals surface area contributed by atoms with Gasteiger partial charge >= 0.3 is 0 Å². The van der Waals surface area contributed by atoms with E-state index in [1.54, 1.807) is 0 Å². The summed E-state index contributed by atoms with van der Waals surface area (Å²) < 4.78 is 0. The maximum Gasteiger partial charge on any atom is 0.0940 e. The van der Waals surface area contributed by atoms with Gasteiger partial charge in [-0.05, 0) is 32.1 Å². The minimum absolute atomic E-state index is 0.756. The van der Waals surface area contributed by atoms with Crippen molar-refractivity contribution in [3.8, 4) is 0 Å². The molecule has 0 saturated heterocycles. The smallest absolute Gasteiger partial charge is 0.0940 e. The molecule has 1 aliphatic rings. The Labute approximate surface area is 96.1 Å². The maximum absolute atomic E-state index is 4.38. The lowest BCUT2D eigenvalue weighted by Crippen LogP contribution is -2.32. The molecule has 1 fully saturated rings. The van der Waals surface area contributed by atoms with Gasteiger partial charge in [-0.3, -0.25) is 0 Å². The molecule has 1 aromatic heterocycles. The molecule has 0 aromatic carbocycles. The topological polar surface area (TPSA) is 24.9 Å². The van der Waals surface area contributed by atoms with Crippen molar-refractivity contribution in [1.29, 1.82) is 0 Å². The predicted molar refractivity (Wildman–Crippen MR) is 65.4 cm³/mol. The van der Waals surface area contributed by atoms with Crippen LogP contribution in [0.15, 0.2) is 6.20 Å². The lowest BCUT2D eigenvalue weighted by atomic mass is 10.1. The standard InChI is InChI=1S/C12H20N2S/c1-3-11(10-4-5-10)13-7-6-12-14-8-9(2)15-12/h8,10-11,13H,3-7H2,1-2H3. The minimum atomic E-state index is 0.756. The Kier molecular flexibility index (Phi) is 3.76. The van der Waals surface area contributed by atoms with Crippen LogP contribution in [0.5, 0.6) is 0 Å². The second kappa shape index (κ2) is 5.08.